The fourth-order valence-corrected chi connectivity index (χ4v) is 4.06. The molecule has 0 fully saturated rings. The molecule has 0 bridgehead atoms. The van der Waals surface area contributed by atoms with Crippen molar-refractivity contribution in [2.75, 3.05) is 5.32 Å². The Bertz CT molecular complexity index is 1740. The number of rotatable bonds is 3. The number of nitrogens with zero attached hydrogens (tertiary/aromatic N) is 4. The molecule has 0 saturated heterocycles. The molecule has 2 N–H and O–H groups in total. The summed E-state index contributed by atoms with van der Waals surface area (Å²) in [5.41, 5.74) is 5.47. The smallest absolute Gasteiger partial charge is 0.261 e. The molecule has 2 aromatic carbocycles. The number of aromatic amines is 1. The number of hydrogen-bond donors (Lipinski definition) is 2. The molecular weight excluding hydrogens is 416 g/mol. The standard InChI is InChI=1S/C25H18N6O2/c1-15-5-4-12-30-14-20(28-22(15)30)16-8-10-17(11-9-16)27-25(33)19-13-26-31-21-7-3-2-6-18(21)24(32)29-23(19)31/h2-14H,1H3,(H,27,33)(H,29,32). The molecule has 33 heavy (non-hydrogen) atoms. The summed E-state index contributed by atoms with van der Waals surface area (Å²) in [5, 5.41) is 7.70. The van der Waals surface area contributed by atoms with Crippen LogP contribution >= 0.6 is 0 Å². The van der Waals surface area contributed by atoms with Crippen molar-refractivity contribution in [2.45, 2.75) is 6.92 Å². The first kappa shape index (κ1) is 19.0. The number of carbonyl (C=O) groups is 1. The number of benzene rings is 2. The number of pyridine rings is 1. The van der Waals surface area contributed by atoms with E-state index in [-0.39, 0.29) is 17.0 Å². The van der Waals surface area contributed by atoms with Crippen molar-refractivity contribution < 1.29 is 4.79 Å². The summed E-state index contributed by atoms with van der Waals surface area (Å²) >= 11 is 0. The topological polar surface area (TPSA) is 96.6 Å². The number of amides is 1. The first-order valence-electron chi connectivity index (χ1n) is 10.4. The third-order valence-electron chi connectivity index (χ3n) is 5.74. The number of H-pyrrole nitrogens is 1. The Morgan fingerprint density at radius 3 is 2.67 bits per heavy atom. The summed E-state index contributed by atoms with van der Waals surface area (Å²) in [6.07, 6.45) is 5.41. The lowest BCUT2D eigenvalue weighted by atomic mass is 10.1. The molecule has 0 spiro atoms. The van der Waals surface area contributed by atoms with Crippen molar-refractivity contribution in [1.29, 1.82) is 0 Å². The molecule has 6 rings (SSSR count). The van der Waals surface area contributed by atoms with Gasteiger partial charge in [-0.25, -0.2) is 9.50 Å². The van der Waals surface area contributed by atoms with Crippen LogP contribution in [0.2, 0.25) is 0 Å². The molecule has 8 heteroatoms. The van der Waals surface area contributed by atoms with Crippen LogP contribution in [0.15, 0.2) is 84.0 Å². The highest BCUT2D eigenvalue weighted by Gasteiger charge is 2.16. The van der Waals surface area contributed by atoms with E-state index in [2.05, 4.69) is 15.4 Å². The molecule has 0 aliphatic rings. The Balaban J connectivity index is 1.30. The Morgan fingerprint density at radius 1 is 1.03 bits per heavy atom. The van der Waals surface area contributed by atoms with Gasteiger partial charge in [-0.1, -0.05) is 30.3 Å². The largest absolute Gasteiger partial charge is 0.322 e. The Morgan fingerprint density at radius 2 is 1.85 bits per heavy atom. The van der Waals surface area contributed by atoms with Crippen LogP contribution in [0.5, 0.6) is 0 Å². The molecule has 0 radical (unpaired) electrons. The number of fused-ring (bicyclic) bond motifs is 4. The monoisotopic (exact) mass is 434 g/mol. The van der Waals surface area contributed by atoms with Gasteiger partial charge in [-0.3, -0.25) is 9.59 Å². The van der Waals surface area contributed by atoms with Crippen LogP contribution in [0.25, 0.3) is 33.5 Å². The van der Waals surface area contributed by atoms with Crippen molar-refractivity contribution in [2.24, 2.45) is 0 Å². The van der Waals surface area contributed by atoms with Crippen LogP contribution in [-0.4, -0.2) is 29.9 Å². The van der Waals surface area contributed by atoms with Gasteiger partial charge < -0.3 is 14.7 Å². The van der Waals surface area contributed by atoms with Crippen LogP contribution in [0, 0.1) is 6.92 Å². The van der Waals surface area contributed by atoms with Crippen LogP contribution in [-0.2, 0) is 0 Å². The maximum Gasteiger partial charge on any atom is 0.261 e. The maximum absolute atomic E-state index is 12.9. The number of imidazole rings is 1. The average Bonchev–Trinajstić information content (AvgIpc) is 3.45. The first-order chi connectivity index (χ1) is 16.1. The predicted octanol–water partition coefficient (Wildman–Crippen LogP) is 4.05. The molecule has 1 amide bonds. The van der Waals surface area contributed by atoms with Gasteiger partial charge in [0, 0.05) is 23.6 Å². The van der Waals surface area contributed by atoms with E-state index < -0.39 is 0 Å². The van der Waals surface area contributed by atoms with Crippen molar-refractivity contribution >= 4 is 33.8 Å². The predicted molar refractivity (Wildman–Crippen MR) is 127 cm³/mol. The zero-order chi connectivity index (χ0) is 22.5. The number of hydrogen-bond acceptors (Lipinski definition) is 4. The summed E-state index contributed by atoms with van der Waals surface area (Å²) in [6, 6.07) is 18.6. The van der Waals surface area contributed by atoms with E-state index in [0.717, 1.165) is 22.5 Å². The quantitative estimate of drug-likeness (QED) is 0.439. The number of anilines is 1. The van der Waals surface area contributed by atoms with Gasteiger partial charge in [0.15, 0.2) is 0 Å². The van der Waals surface area contributed by atoms with Gasteiger partial charge in [0.1, 0.15) is 16.9 Å². The van der Waals surface area contributed by atoms with Gasteiger partial charge in [0.05, 0.1) is 22.8 Å². The fourth-order valence-electron chi connectivity index (χ4n) is 4.06. The zero-order valence-corrected chi connectivity index (χ0v) is 17.6. The minimum Gasteiger partial charge on any atom is -0.322 e. The molecule has 0 unspecified atom stereocenters. The average molecular weight is 434 g/mol. The third kappa shape index (κ3) is 3.08. The fraction of sp³-hybridized carbons (Fsp3) is 0.0400. The number of aromatic nitrogens is 5. The van der Waals surface area contributed by atoms with Crippen molar-refractivity contribution in [3.05, 3.63) is 101 Å². The summed E-state index contributed by atoms with van der Waals surface area (Å²) in [4.78, 5) is 32.9. The minimum absolute atomic E-state index is 0.264. The molecular formula is C25H18N6O2. The van der Waals surface area contributed by atoms with Crippen LogP contribution < -0.4 is 10.9 Å². The van der Waals surface area contributed by atoms with Gasteiger partial charge in [-0.05, 0) is 42.8 Å². The van der Waals surface area contributed by atoms with E-state index in [1.54, 1.807) is 22.7 Å². The van der Waals surface area contributed by atoms with Crippen LogP contribution in [0.3, 0.4) is 0 Å². The van der Waals surface area contributed by atoms with Gasteiger partial charge in [0.2, 0.25) is 0 Å². The van der Waals surface area contributed by atoms with E-state index in [0.29, 0.717) is 22.2 Å². The number of para-hydroxylation sites is 1. The van der Waals surface area contributed by atoms with Crippen molar-refractivity contribution in [3.63, 3.8) is 0 Å². The van der Waals surface area contributed by atoms with Crippen LogP contribution in [0.1, 0.15) is 15.9 Å². The normalized spacial score (nSPS) is 11.4. The highest BCUT2D eigenvalue weighted by molar-refractivity contribution is 6.08. The molecule has 0 aliphatic heterocycles. The van der Waals surface area contributed by atoms with E-state index in [1.165, 1.54) is 6.20 Å². The zero-order valence-electron chi connectivity index (χ0n) is 17.6. The molecule has 0 atom stereocenters. The number of carbonyl (C=O) groups excluding carboxylic acids is 1. The Kier molecular flexibility index (Phi) is 4.13. The van der Waals surface area contributed by atoms with Gasteiger partial charge in [0.25, 0.3) is 11.5 Å². The second-order valence-electron chi connectivity index (χ2n) is 7.87. The molecule has 4 aromatic heterocycles. The van der Waals surface area contributed by atoms with Gasteiger partial charge >= 0.3 is 0 Å². The third-order valence-corrected chi connectivity index (χ3v) is 5.74. The molecule has 160 valence electrons. The molecule has 8 nitrogen and oxygen atoms in total. The maximum atomic E-state index is 12.9. The molecule has 0 aliphatic carbocycles. The molecule has 6 aromatic rings. The van der Waals surface area contributed by atoms with E-state index in [9.17, 15) is 9.59 Å². The highest BCUT2D eigenvalue weighted by atomic mass is 16.2. The van der Waals surface area contributed by atoms with Gasteiger partial charge in [-0.2, -0.15) is 5.10 Å². The van der Waals surface area contributed by atoms with Crippen LogP contribution in [0.4, 0.5) is 5.69 Å². The lowest BCUT2D eigenvalue weighted by Crippen LogP contribution is -2.15. The summed E-state index contributed by atoms with van der Waals surface area (Å²) in [7, 11) is 0. The van der Waals surface area contributed by atoms with E-state index >= 15 is 0 Å². The van der Waals surface area contributed by atoms with E-state index in [1.807, 2.05) is 66.2 Å². The SMILES string of the molecule is Cc1cccn2cc(-c3ccc(NC(=O)c4cnn5c4[nH]c(=O)c4ccccc45)cc3)nc12. The minimum atomic E-state index is -0.355. The number of nitrogens with one attached hydrogen (secondary N) is 2. The lowest BCUT2D eigenvalue weighted by molar-refractivity contribution is 0.102. The molecule has 4 heterocycles. The first-order valence-corrected chi connectivity index (χ1v) is 10.4. The summed E-state index contributed by atoms with van der Waals surface area (Å²) < 4.78 is 3.57. The second-order valence-corrected chi connectivity index (χ2v) is 7.87. The Hall–Kier alpha value is -4.72. The summed E-state index contributed by atoms with van der Waals surface area (Å²) in [6.45, 7) is 2.03. The van der Waals surface area contributed by atoms with Crippen molar-refractivity contribution in [3.8, 4) is 11.3 Å². The highest BCUT2D eigenvalue weighted by Crippen LogP contribution is 2.23. The van der Waals surface area contributed by atoms with E-state index in [4.69, 9.17) is 4.98 Å². The van der Waals surface area contributed by atoms with Gasteiger partial charge in [-0.15, -0.1) is 0 Å². The van der Waals surface area contributed by atoms with Crippen molar-refractivity contribution in [1.82, 2.24) is 24.0 Å². The summed E-state index contributed by atoms with van der Waals surface area (Å²) in [5.74, 6) is -0.355. The number of aryl methyl sites for hydroxylation is 1. The lowest BCUT2D eigenvalue weighted by Gasteiger charge is -2.06. The molecule has 0 saturated carbocycles. The Labute approximate surface area is 187 Å². The second kappa shape index (κ2) is 7.16.